The van der Waals surface area contributed by atoms with E-state index >= 15 is 0 Å². The average molecular weight is 990 g/mol. The zero-order valence-corrected chi connectivity index (χ0v) is 48.3. The minimum absolute atomic E-state index is 0.0627. The van der Waals surface area contributed by atoms with Crippen molar-refractivity contribution in [2.45, 2.75) is 362 Å². The summed E-state index contributed by atoms with van der Waals surface area (Å²) in [5.41, 5.74) is 0. The molecule has 0 aromatic carbocycles. The summed E-state index contributed by atoms with van der Waals surface area (Å²) >= 11 is 0. The number of ether oxygens (including phenoxy) is 3. The lowest BCUT2D eigenvalue weighted by atomic mass is 10.0. The van der Waals surface area contributed by atoms with Crippen molar-refractivity contribution in [1.82, 2.24) is 0 Å². The van der Waals surface area contributed by atoms with Crippen molar-refractivity contribution in [3.05, 3.63) is 0 Å². The molecule has 0 heterocycles. The highest BCUT2D eigenvalue weighted by atomic mass is 16.6. The number of hydrogen-bond donors (Lipinski definition) is 0. The second-order valence-electron chi connectivity index (χ2n) is 23.5. The summed E-state index contributed by atoms with van der Waals surface area (Å²) in [7, 11) is 0. The van der Waals surface area contributed by atoms with Gasteiger partial charge in [0.1, 0.15) is 13.2 Å². The molecule has 1 atom stereocenters. The van der Waals surface area contributed by atoms with E-state index in [0.717, 1.165) is 75.5 Å². The van der Waals surface area contributed by atoms with Gasteiger partial charge in [-0.1, -0.05) is 318 Å². The van der Waals surface area contributed by atoms with E-state index in [1.54, 1.807) is 0 Å². The predicted octanol–water partition coefficient (Wildman–Crippen LogP) is 21.1. The maximum atomic E-state index is 12.9. The summed E-state index contributed by atoms with van der Waals surface area (Å²) in [4.78, 5) is 38.3. The van der Waals surface area contributed by atoms with Gasteiger partial charge in [0.25, 0.3) is 0 Å². The van der Waals surface area contributed by atoms with E-state index in [4.69, 9.17) is 14.2 Å². The van der Waals surface area contributed by atoms with Crippen molar-refractivity contribution in [3.63, 3.8) is 0 Å². The molecule has 416 valence electrons. The molecule has 0 spiro atoms. The molecule has 0 rings (SSSR count). The maximum Gasteiger partial charge on any atom is 0.306 e. The Morgan fingerprint density at radius 1 is 0.243 bits per heavy atom. The van der Waals surface area contributed by atoms with Crippen LogP contribution in [0.5, 0.6) is 0 Å². The molecule has 0 N–H and O–H groups in total. The fraction of sp³-hybridized carbons (Fsp3) is 0.953. The molecule has 0 aliphatic carbocycles. The van der Waals surface area contributed by atoms with Crippen molar-refractivity contribution in [2.75, 3.05) is 13.2 Å². The molecule has 0 aliphatic rings. The minimum atomic E-state index is -0.764. The third-order valence-corrected chi connectivity index (χ3v) is 14.6. The number of carbonyl (C=O) groups excluding carboxylic acids is 3. The lowest BCUT2D eigenvalue weighted by molar-refractivity contribution is -0.167. The molecule has 0 radical (unpaired) electrons. The standard InChI is InChI=1S/C64H124O6/c1-58(2)50-44-38-32-26-20-15-11-7-9-13-17-23-29-35-41-47-53-62(65)68-56-61(57-69-63(66)54-48-42-36-30-25-19-22-28-34-40-46-52-60(5)6)70-64(67)55-49-43-37-31-24-18-14-10-8-12-16-21-27-33-39-45-51-59(3)4/h58-61H,7-57H2,1-6H3/t61-/m0/s1. The molecular formula is C64H124O6. The first kappa shape index (κ1) is 68.4. The van der Waals surface area contributed by atoms with Crippen LogP contribution in [0.25, 0.3) is 0 Å². The largest absolute Gasteiger partial charge is 0.462 e. The van der Waals surface area contributed by atoms with Gasteiger partial charge in [0.05, 0.1) is 0 Å². The summed E-state index contributed by atoms with van der Waals surface area (Å²) in [6.45, 7) is 13.8. The van der Waals surface area contributed by atoms with Crippen molar-refractivity contribution in [1.29, 1.82) is 0 Å². The molecule has 6 nitrogen and oxygen atoms in total. The third kappa shape index (κ3) is 57.3. The second-order valence-corrected chi connectivity index (χ2v) is 23.5. The van der Waals surface area contributed by atoms with Gasteiger partial charge < -0.3 is 14.2 Å². The van der Waals surface area contributed by atoms with Gasteiger partial charge in [-0.05, 0) is 37.0 Å². The molecule has 0 fully saturated rings. The Labute approximate surface area is 438 Å². The van der Waals surface area contributed by atoms with E-state index < -0.39 is 6.10 Å². The van der Waals surface area contributed by atoms with Crippen molar-refractivity contribution in [3.8, 4) is 0 Å². The molecule has 0 saturated heterocycles. The second kappa shape index (κ2) is 55.2. The van der Waals surface area contributed by atoms with Crippen LogP contribution >= 0.6 is 0 Å². The number of hydrogen-bond acceptors (Lipinski definition) is 6. The fourth-order valence-electron chi connectivity index (χ4n) is 9.88. The SMILES string of the molecule is CC(C)CCCCCCCCCCCCCCCCCCC(=O)OC[C@@H](COC(=O)CCCCCCCCCCCCCC(C)C)OC(=O)CCCCCCCCCCCCCCCCCCC(C)C. The third-order valence-electron chi connectivity index (χ3n) is 14.6. The van der Waals surface area contributed by atoms with Crippen molar-refractivity contribution >= 4 is 17.9 Å². The van der Waals surface area contributed by atoms with Crippen LogP contribution in [0.2, 0.25) is 0 Å². The summed E-state index contributed by atoms with van der Waals surface area (Å²) in [5.74, 6) is 1.69. The molecule has 0 aromatic rings. The number of esters is 3. The predicted molar refractivity (Wildman–Crippen MR) is 303 cm³/mol. The Kier molecular flexibility index (Phi) is 53.9. The van der Waals surface area contributed by atoms with E-state index in [1.807, 2.05) is 0 Å². The first-order valence-corrected chi connectivity index (χ1v) is 31.6. The molecular weight excluding hydrogens is 865 g/mol. The average Bonchev–Trinajstić information content (AvgIpc) is 3.32. The zero-order valence-electron chi connectivity index (χ0n) is 48.3. The van der Waals surface area contributed by atoms with E-state index in [1.165, 1.54) is 238 Å². The molecule has 0 amide bonds. The quantitative estimate of drug-likeness (QED) is 0.0343. The van der Waals surface area contributed by atoms with Gasteiger partial charge in [0.15, 0.2) is 6.10 Å². The molecule has 0 saturated carbocycles. The first-order chi connectivity index (χ1) is 34.1. The molecule has 0 bridgehead atoms. The Bertz CT molecular complexity index is 1090. The van der Waals surface area contributed by atoms with Gasteiger partial charge in [-0.2, -0.15) is 0 Å². The molecule has 70 heavy (non-hydrogen) atoms. The van der Waals surface area contributed by atoms with Crippen molar-refractivity contribution in [2.24, 2.45) is 17.8 Å². The van der Waals surface area contributed by atoms with Crippen LogP contribution in [0.15, 0.2) is 0 Å². The van der Waals surface area contributed by atoms with Gasteiger partial charge in [-0.15, -0.1) is 0 Å². The Morgan fingerprint density at radius 2 is 0.414 bits per heavy atom. The van der Waals surface area contributed by atoms with Gasteiger partial charge in [0, 0.05) is 19.3 Å². The smallest absolute Gasteiger partial charge is 0.306 e. The van der Waals surface area contributed by atoms with Gasteiger partial charge >= 0.3 is 17.9 Å². The molecule has 0 aromatic heterocycles. The van der Waals surface area contributed by atoms with Crippen LogP contribution in [0, 0.1) is 17.8 Å². The van der Waals surface area contributed by atoms with E-state index in [9.17, 15) is 14.4 Å². The lowest BCUT2D eigenvalue weighted by Gasteiger charge is -2.18. The number of rotatable bonds is 57. The Balaban J connectivity index is 4.28. The van der Waals surface area contributed by atoms with Crippen LogP contribution in [0.1, 0.15) is 356 Å². The number of carbonyl (C=O) groups is 3. The highest BCUT2D eigenvalue weighted by Gasteiger charge is 2.19. The summed E-state index contributed by atoms with van der Waals surface area (Å²) in [6, 6.07) is 0. The number of unbranched alkanes of at least 4 members (excludes halogenated alkanes) is 40. The van der Waals surface area contributed by atoms with Crippen LogP contribution in [0.3, 0.4) is 0 Å². The Hall–Kier alpha value is -1.59. The first-order valence-electron chi connectivity index (χ1n) is 31.6. The van der Waals surface area contributed by atoms with E-state index in [2.05, 4.69) is 41.5 Å². The summed E-state index contributed by atoms with van der Waals surface area (Å²) < 4.78 is 17.0. The van der Waals surface area contributed by atoms with Crippen LogP contribution in [-0.2, 0) is 28.6 Å². The van der Waals surface area contributed by atoms with Crippen LogP contribution in [0.4, 0.5) is 0 Å². The normalized spacial score (nSPS) is 12.1. The highest BCUT2D eigenvalue weighted by molar-refractivity contribution is 5.71. The van der Waals surface area contributed by atoms with Gasteiger partial charge in [-0.25, -0.2) is 0 Å². The minimum Gasteiger partial charge on any atom is -0.462 e. The lowest BCUT2D eigenvalue weighted by Crippen LogP contribution is -2.30. The highest BCUT2D eigenvalue weighted by Crippen LogP contribution is 2.19. The maximum absolute atomic E-state index is 12.9. The van der Waals surface area contributed by atoms with Gasteiger partial charge in [0.2, 0.25) is 0 Å². The zero-order chi connectivity index (χ0) is 51.2. The monoisotopic (exact) mass is 989 g/mol. The summed E-state index contributed by atoms with van der Waals surface area (Å²) in [5, 5.41) is 0. The summed E-state index contributed by atoms with van der Waals surface area (Å²) in [6.07, 6.45) is 59.6. The van der Waals surface area contributed by atoms with E-state index in [-0.39, 0.29) is 31.1 Å². The van der Waals surface area contributed by atoms with Crippen LogP contribution in [-0.4, -0.2) is 37.2 Å². The van der Waals surface area contributed by atoms with Gasteiger partial charge in [-0.3, -0.25) is 14.4 Å². The topological polar surface area (TPSA) is 78.9 Å². The Morgan fingerprint density at radius 3 is 0.614 bits per heavy atom. The molecule has 6 heteroatoms. The van der Waals surface area contributed by atoms with E-state index in [0.29, 0.717) is 19.3 Å². The fourth-order valence-corrected chi connectivity index (χ4v) is 9.88. The molecule has 0 aliphatic heterocycles. The van der Waals surface area contributed by atoms with Crippen molar-refractivity contribution < 1.29 is 28.6 Å². The van der Waals surface area contributed by atoms with Crippen LogP contribution < -0.4 is 0 Å². The molecule has 0 unspecified atom stereocenters.